The number of carbonyl (C=O) groups excluding carboxylic acids is 1. The van der Waals surface area contributed by atoms with Crippen molar-refractivity contribution in [1.29, 1.82) is 0 Å². The van der Waals surface area contributed by atoms with Gasteiger partial charge in [0, 0.05) is 5.69 Å². The number of benzene rings is 2. The SMILES string of the molecule is COc1ccc(NC(=O)C2(c3ccccc3)CCCCC2)cc1. The van der Waals surface area contributed by atoms with Crippen molar-refractivity contribution in [3.8, 4) is 5.75 Å². The molecule has 1 amide bonds. The second-order valence-corrected chi connectivity index (χ2v) is 6.19. The molecule has 1 aliphatic rings. The van der Waals surface area contributed by atoms with Crippen LogP contribution in [0, 0.1) is 0 Å². The number of amides is 1. The first-order valence-corrected chi connectivity index (χ1v) is 8.26. The summed E-state index contributed by atoms with van der Waals surface area (Å²) < 4.78 is 5.17. The van der Waals surface area contributed by atoms with Gasteiger partial charge in [-0.25, -0.2) is 0 Å². The fourth-order valence-corrected chi connectivity index (χ4v) is 3.48. The van der Waals surface area contributed by atoms with Gasteiger partial charge in [-0.1, -0.05) is 49.6 Å². The Hall–Kier alpha value is -2.29. The molecule has 0 heterocycles. The third kappa shape index (κ3) is 3.24. The van der Waals surface area contributed by atoms with Gasteiger partial charge in [0.2, 0.25) is 5.91 Å². The van der Waals surface area contributed by atoms with Gasteiger partial charge in [0.25, 0.3) is 0 Å². The van der Waals surface area contributed by atoms with Gasteiger partial charge in [0.1, 0.15) is 5.75 Å². The van der Waals surface area contributed by atoms with Crippen LogP contribution in [0.2, 0.25) is 0 Å². The molecule has 1 fully saturated rings. The van der Waals surface area contributed by atoms with E-state index in [2.05, 4.69) is 17.4 Å². The Bertz CT molecular complexity index is 643. The van der Waals surface area contributed by atoms with Crippen LogP contribution in [0.4, 0.5) is 5.69 Å². The van der Waals surface area contributed by atoms with E-state index in [1.165, 1.54) is 6.42 Å². The normalized spacial score (nSPS) is 16.6. The molecule has 0 saturated heterocycles. The van der Waals surface area contributed by atoms with Gasteiger partial charge in [-0.15, -0.1) is 0 Å². The molecule has 23 heavy (non-hydrogen) atoms. The van der Waals surface area contributed by atoms with Crippen molar-refractivity contribution in [2.45, 2.75) is 37.5 Å². The summed E-state index contributed by atoms with van der Waals surface area (Å²) in [6.07, 6.45) is 5.25. The Labute approximate surface area is 137 Å². The molecule has 0 radical (unpaired) electrons. The highest BCUT2D eigenvalue weighted by Crippen LogP contribution is 2.40. The zero-order chi connectivity index (χ0) is 16.1. The summed E-state index contributed by atoms with van der Waals surface area (Å²) in [5.41, 5.74) is 1.54. The number of ether oxygens (including phenoxy) is 1. The number of carbonyl (C=O) groups is 1. The zero-order valence-corrected chi connectivity index (χ0v) is 13.5. The van der Waals surface area contributed by atoms with Crippen LogP contribution in [0.1, 0.15) is 37.7 Å². The molecular formula is C20H23NO2. The van der Waals surface area contributed by atoms with E-state index >= 15 is 0 Å². The van der Waals surface area contributed by atoms with Crippen molar-refractivity contribution in [3.63, 3.8) is 0 Å². The van der Waals surface area contributed by atoms with Gasteiger partial charge in [0.05, 0.1) is 12.5 Å². The van der Waals surface area contributed by atoms with Gasteiger partial charge in [-0.05, 0) is 42.7 Å². The number of hydrogen-bond donors (Lipinski definition) is 1. The number of methoxy groups -OCH3 is 1. The average molecular weight is 309 g/mol. The van der Waals surface area contributed by atoms with E-state index in [0.717, 1.165) is 42.7 Å². The summed E-state index contributed by atoms with van der Waals surface area (Å²) in [5, 5.41) is 3.11. The van der Waals surface area contributed by atoms with E-state index in [9.17, 15) is 4.79 Å². The molecule has 0 aliphatic heterocycles. The molecule has 1 saturated carbocycles. The summed E-state index contributed by atoms with van der Waals surface area (Å²) in [4.78, 5) is 13.1. The molecule has 0 spiro atoms. The lowest BCUT2D eigenvalue weighted by Gasteiger charge is -2.36. The summed E-state index contributed by atoms with van der Waals surface area (Å²) in [6, 6.07) is 17.7. The zero-order valence-electron chi connectivity index (χ0n) is 13.5. The fourth-order valence-electron chi connectivity index (χ4n) is 3.48. The number of nitrogens with one attached hydrogen (secondary N) is 1. The van der Waals surface area contributed by atoms with Crippen LogP contribution in [0.25, 0.3) is 0 Å². The van der Waals surface area contributed by atoms with Crippen molar-refractivity contribution in [2.24, 2.45) is 0 Å². The maximum Gasteiger partial charge on any atom is 0.235 e. The number of anilines is 1. The molecule has 1 N–H and O–H groups in total. The maximum absolute atomic E-state index is 13.1. The monoisotopic (exact) mass is 309 g/mol. The first kappa shape index (κ1) is 15.6. The Balaban J connectivity index is 1.85. The lowest BCUT2D eigenvalue weighted by atomic mass is 9.68. The second-order valence-electron chi connectivity index (χ2n) is 6.19. The Kier molecular flexibility index (Phi) is 4.65. The topological polar surface area (TPSA) is 38.3 Å². The smallest absolute Gasteiger partial charge is 0.235 e. The molecule has 1 aliphatic carbocycles. The quantitative estimate of drug-likeness (QED) is 0.900. The van der Waals surface area contributed by atoms with Crippen LogP contribution in [0.15, 0.2) is 54.6 Å². The minimum absolute atomic E-state index is 0.105. The van der Waals surface area contributed by atoms with Crippen LogP contribution in [0.3, 0.4) is 0 Å². The average Bonchev–Trinajstić information content (AvgIpc) is 2.63. The molecule has 2 aromatic carbocycles. The number of rotatable bonds is 4. The summed E-state index contributed by atoms with van der Waals surface area (Å²) in [6.45, 7) is 0. The van der Waals surface area contributed by atoms with Gasteiger partial charge in [-0.2, -0.15) is 0 Å². The van der Waals surface area contributed by atoms with Crippen LogP contribution in [-0.2, 0) is 10.2 Å². The van der Waals surface area contributed by atoms with Gasteiger partial charge in [0.15, 0.2) is 0 Å². The standard InChI is InChI=1S/C20H23NO2/c1-23-18-12-10-17(11-13-18)21-19(22)20(14-6-3-7-15-20)16-8-4-2-5-9-16/h2,4-5,8-13H,3,6-7,14-15H2,1H3,(H,21,22). The first-order valence-electron chi connectivity index (χ1n) is 8.26. The molecule has 2 aromatic rings. The lowest BCUT2D eigenvalue weighted by Crippen LogP contribution is -2.42. The Morgan fingerprint density at radius 3 is 2.22 bits per heavy atom. The summed E-state index contributed by atoms with van der Waals surface area (Å²) in [7, 11) is 1.64. The molecule has 0 atom stereocenters. The maximum atomic E-state index is 13.1. The first-order chi connectivity index (χ1) is 11.2. The molecule has 120 valence electrons. The van der Waals surface area contributed by atoms with Crippen LogP contribution in [0.5, 0.6) is 5.75 Å². The highest BCUT2D eigenvalue weighted by molar-refractivity contribution is 5.99. The minimum Gasteiger partial charge on any atom is -0.497 e. The van der Waals surface area contributed by atoms with Gasteiger partial charge >= 0.3 is 0 Å². The molecule has 0 unspecified atom stereocenters. The highest BCUT2D eigenvalue weighted by atomic mass is 16.5. The van der Waals surface area contributed by atoms with E-state index in [0.29, 0.717) is 0 Å². The van der Waals surface area contributed by atoms with E-state index in [-0.39, 0.29) is 5.91 Å². The summed E-state index contributed by atoms with van der Waals surface area (Å²) in [5.74, 6) is 0.895. The molecule has 0 bridgehead atoms. The molecule has 3 heteroatoms. The minimum atomic E-state index is -0.403. The molecule has 3 nitrogen and oxygen atoms in total. The van der Waals surface area contributed by atoms with E-state index < -0.39 is 5.41 Å². The van der Waals surface area contributed by atoms with E-state index in [1.54, 1.807) is 7.11 Å². The van der Waals surface area contributed by atoms with Crippen molar-refractivity contribution >= 4 is 11.6 Å². The second kappa shape index (κ2) is 6.86. The lowest BCUT2D eigenvalue weighted by molar-refractivity contribution is -0.122. The predicted octanol–water partition coefficient (Wildman–Crippen LogP) is 4.54. The largest absolute Gasteiger partial charge is 0.497 e. The van der Waals surface area contributed by atoms with Crippen LogP contribution < -0.4 is 10.1 Å². The van der Waals surface area contributed by atoms with Gasteiger partial charge in [-0.3, -0.25) is 4.79 Å². The molecular weight excluding hydrogens is 286 g/mol. The van der Waals surface area contributed by atoms with E-state index in [4.69, 9.17) is 4.74 Å². The number of hydrogen-bond acceptors (Lipinski definition) is 2. The highest BCUT2D eigenvalue weighted by Gasteiger charge is 2.40. The van der Waals surface area contributed by atoms with Crippen molar-refractivity contribution < 1.29 is 9.53 Å². The Morgan fingerprint density at radius 1 is 0.957 bits per heavy atom. The van der Waals surface area contributed by atoms with Crippen molar-refractivity contribution in [2.75, 3.05) is 12.4 Å². The third-order valence-electron chi connectivity index (χ3n) is 4.82. The van der Waals surface area contributed by atoms with Crippen molar-refractivity contribution in [1.82, 2.24) is 0 Å². The Morgan fingerprint density at radius 2 is 1.61 bits per heavy atom. The van der Waals surface area contributed by atoms with Crippen LogP contribution in [-0.4, -0.2) is 13.0 Å². The summed E-state index contributed by atoms with van der Waals surface area (Å²) >= 11 is 0. The molecule has 0 aromatic heterocycles. The fraction of sp³-hybridized carbons (Fsp3) is 0.350. The molecule has 3 rings (SSSR count). The van der Waals surface area contributed by atoms with E-state index in [1.807, 2.05) is 42.5 Å². The van der Waals surface area contributed by atoms with Crippen LogP contribution >= 0.6 is 0 Å². The van der Waals surface area contributed by atoms with Crippen molar-refractivity contribution in [3.05, 3.63) is 60.2 Å². The third-order valence-corrected chi connectivity index (χ3v) is 4.82. The van der Waals surface area contributed by atoms with Gasteiger partial charge < -0.3 is 10.1 Å². The predicted molar refractivity (Wildman–Crippen MR) is 92.8 cm³/mol.